The Hall–Kier alpha value is -2.78. The molecule has 0 aromatic heterocycles. The fraction of sp³-hybridized carbons (Fsp3) is 0.625. The number of hydrogen-bond acceptors (Lipinski definition) is 8. The highest BCUT2D eigenvalue weighted by molar-refractivity contribution is 6.36. The molecule has 0 aliphatic heterocycles. The highest BCUT2D eigenvalue weighted by Crippen LogP contribution is 2.20. The Labute approximate surface area is 151 Å². The van der Waals surface area contributed by atoms with E-state index in [2.05, 4.69) is 4.74 Å². The molecule has 10 heteroatoms. The van der Waals surface area contributed by atoms with Crippen molar-refractivity contribution < 1.29 is 38.2 Å². The maximum Gasteiger partial charge on any atom is 0.397 e. The molecule has 0 heterocycles. The van der Waals surface area contributed by atoms with Gasteiger partial charge in [-0.25, -0.2) is 4.79 Å². The van der Waals surface area contributed by atoms with Crippen LogP contribution in [0.4, 0.5) is 0 Å². The zero-order valence-corrected chi connectivity index (χ0v) is 15.7. The zero-order chi connectivity index (χ0) is 20.7. The van der Waals surface area contributed by atoms with E-state index in [9.17, 15) is 28.8 Å². The number of rotatable bonds is 6. The monoisotopic (exact) mass is 372 g/mol. The van der Waals surface area contributed by atoms with Gasteiger partial charge in [0, 0.05) is 0 Å². The molecule has 0 radical (unpaired) electrons. The average molecular weight is 372 g/mol. The fourth-order valence-electron chi connectivity index (χ4n) is 1.43. The Kier molecular flexibility index (Phi) is 8.10. The maximum atomic E-state index is 12.2. The van der Waals surface area contributed by atoms with Gasteiger partial charge in [-0.1, -0.05) is 0 Å². The molecular weight excluding hydrogens is 348 g/mol. The third kappa shape index (κ3) is 5.64. The fourth-order valence-corrected chi connectivity index (χ4v) is 1.43. The molecule has 0 aromatic rings. The van der Waals surface area contributed by atoms with Crippen molar-refractivity contribution in [3.8, 4) is 0 Å². The molecule has 0 saturated heterocycles. The average Bonchev–Trinajstić information content (AvgIpc) is 2.54. The number of imide groups is 2. The molecule has 0 spiro atoms. The van der Waals surface area contributed by atoms with Gasteiger partial charge in [0.2, 0.25) is 17.7 Å². The number of carbonyl (C=O) groups excluding carboxylic acids is 6. The van der Waals surface area contributed by atoms with Crippen LogP contribution in [0.5, 0.6) is 0 Å². The van der Waals surface area contributed by atoms with Crippen molar-refractivity contribution in [2.45, 2.75) is 41.5 Å². The minimum Gasteiger partial charge on any atom is -0.465 e. The van der Waals surface area contributed by atoms with Crippen LogP contribution in [-0.4, -0.2) is 48.8 Å². The molecule has 2 N–H and O–H groups in total. The SMILES string of the molecule is CCOC(=O)C(=O)NC(=O)C(C)(C)C(=O)NC(=O)C(C)(C)C(=O)OCC. The number of ether oxygens (including phenoxy) is 2. The van der Waals surface area contributed by atoms with Crippen molar-refractivity contribution in [1.82, 2.24) is 10.6 Å². The molecule has 0 atom stereocenters. The van der Waals surface area contributed by atoms with Crippen molar-refractivity contribution in [3.63, 3.8) is 0 Å². The molecule has 146 valence electrons. The minimum absolute atomic E-state index is 0.0490. The number of esters is 2. The first-order valence-corrected chi connectivity index (χ1v) is 7.87. The predicted octanol–water partition coefficient (Wildman–Crippen LogP) is -0.549. The molecule has 0 aliphatic rings. The molecule has 0 fully saturated rings. The van der Waals surface area contributed by atoms with Gasteiger partial charge in [0.25, 0.3) is 0 Å². The molecule has 0 rings (SSSR count). The van der Waals surface area contributed by atoms with Crippen molar-refractivity contribution in [1.29, 1.82) is 0 Å². The first kappa shape index (κ1) is 23.2. The van der Waals surface area contributed by atoms with Crippen LogP contribution < -0.4 is 10.6 Å². The van der Waals surface area contributed by atoms with Gasteiger partial charge in [0.1, 0.15) is 10.8 Å². The summed E-state index contributed by atoms with van der Waals surface area (Å²) in [4.78, 5) is 71.0. The Morgan fingerprint density at radius 1 is 0.692 bits per heavy atom. The lowest BCUT2D eigenvalue weighted by atomic mass is 9.88. The van der Waals surface area contributed by atoms with Crippen LogP contribution in [0, 0.1) is 10.8 Å². The lowest BCUT2D eigenvalue weighted by Crippen LogP contribution is -2.54. The first-order chi connectivity index (χ1) is 11.8. The van der Waals surface area contributed by atoms with Crippen LogP contribution >= 0.6 is 0 Å². The molecule has 0 saturated carbocycles. The van der Waals surface area contributed by atoms with Gasteiger partial charge < -0.3 is 9.47 Å². The second-order valence-corrected chi connectivity index (χ2v) is 6.26. The van der Waals surface area contributed by atoms with Crippen molar-refractivity contribution in [2.75, 3.05) is 13.2 Å². The molecule has 10 nitrogen and oxygen atoms in total. The summed E-state index contributed by atoms with van der Waals surface area (Å²) >= 11 is 0. The first-order valence-electron chi connectivity index (χ1n) is 7.87. The largest absolute Gasteiger partial charge is 0.465 e. The van der Waals surface area contributed by atoms with Gasteiger partial charge in [-0.05, 0) is 41.5 Å². The van der Waals surface area contributed by atoms with E-state index < -0.39 is 46.4 Å². The van der Waals surface area contributed by atoms with Crippen molar-refractivity contribution in [3.05, 3.63) is 0 Å². The number of hydrogen-bond donors (Lipinski definition) is 2. The van der Waals surface area contributed by atoms with E-state index in [1.54, 1.807) is 12.2 Å². The summed E-state index contributed by atoms with van der Waals surface area (Å²) in [6, 6.07) is 0. The van der Waals surface area contributed by atoms with Crippen LogP contribution in [0.25, 0.3) is 0 Å². The molecule has 0 bridgehead atoms. The van der Waals surface area contributed by atoms with Crippen LogP contribution in [0.15, 0.2) is 0 Å². The van der Waals surface area contributed by atoms with E-state index in [-0.39, 0.29) is 13.2 Å². The summed E-state index contributed by atoms with van der Waals surface area (Å²) in [5.41, 5.74) is -3.55. The third-order valence-corrected chi connectivity index (χ3v) is 3.40. The lowest BCUT2D eigenvalue weighted by Gasteiger charge is -2.25. The second kappa shape index (κ2) is 9.07. The van der Waals surface area contributed by atoms with Crippen molar-refractivity contribution in [2.24, 2.45) is 10.8 Å². The van der Waals surface area contributed by atoms with Gasteiger partial charge >= 0.3 is 17.8 Å². The number of carbonyl (C=O) groups is 6. The van der Waals surface area contributed by atoms with Crippen LogP contribution in [0.2, 0.25) is 0 Å². The van der Waals surface area contributed by atoms with E-state index in [1.807, 2.05) is 5.32 Å². The zero-order valence-electron chi connectivity index (χ0n) is 15.7. The molecule has 26 heavy (non-hydrogen) atoms. The highest BCUT2D eigenvalue weighted by atomic mass is 16.5. The van der Waals surface area contributed by atoms with Gasteiger partial charge in [-0.3, -0.25) is 34.6 Å². The number of nitrogens with one attached hydrogen (secondary N) is 2. The standard InChI is InChI=1S/C16H24N2O8/c1-7-25-10(20)9(19)17-11(21)15(3,4)12(22)18-13(23)16(5,6)14(24)26-8-2/h7-8H2,1-6H3,(H,17,19,21)(H,18,22,23). The second-order valence-electron chi connectivity index (χ2n) is 6.26. The Bertz CT molecular complexity index is 622. The molecular formula is C16H24N2O8. The molecule has 0 aliphatic carbocycles. The minimum atomic E-state index is -1.89. The molecule has 4 amide bonds. The van der Waals surface area contributed by atoms with Crippen molar-refractivity contribution >= 4 is 35.6 Å². The Balaban J connectivity index is 5.09. The van der Waals surface area contributed by atoms with E-state index in [0.717, 1.165) is 13.8 Å². The Morgan fingerprint density at radius 3 is 1.58 bits per heavy atom. The van der Waals surface area contributed by atoms with Gasteiger partial charge in [-0.15, -0.1) is 0 Å². The quantitative estimate of drug-likeness (QED) is 0.359. The predicted molar refractivity (Wildman–Crippen MR) is 87.1 cm³/mol. The summed E-state index contributed by atoms with van der Waals surface area (Å²) in [6.45, 7) is 7.80. The summed E-state index contributed by atoms with van der Waals surface area (Å²) in [5, 5.41) is 3.67. The highest BCUT2D eigenvalue weighted by Gasteiger charge is 2.43. The summed E-state index contributed by atoms with van der Waals surface area (Å²) < 4.78 is 9.19. The van der Waals surface area contributed by atoms with Gasteiger partial charge in [-0.2, -0.15) is 0 Å². The number of amides is 4. The van der Waals surface area contributed by atoms with Gasteiger partial charge in [0.15, 0.2) is 0 Å². The van der Waals surface area contributed by atoms with Gasteiger partial charge in [0.05, 0.1) is 13.2 Å². The maximum absolute atomic E-state index is 12.2. The topological polar surface area (TPSA) is 145 Å². The normalized spacial score (nSPS) is 11.2. The van der Waals surface area contributed by atoms with Crippen LogP contribution in [-0.2, 0) is 38.2 Å². The summed E-state index contributed by atoms with van der Waals surface area (Å²) in [7, 11) is 0. The smallest absolute Gasteiger partial charge is 0.397 e. The van der Waals surface area contributed by atoms with E-state index >= 15 is 0 Å². The summed E-state index contributed by atoms with van der Waals surface area (Å²) in [6.07, 6.45) is 0. The molecule has 0 unspecified atom stereocenters. The Morgan fingerprint density at radius 2 is 1.12 bits per heavy atom. The third-order valence-electron chi connectivity index (χ3n) is 3.40. The van der Waals surface area contributed by atoms with E-state index in [0.29, 0.717) is 0 Å². The lowest BCUT2D eigenvalue weighted by molar-refractivity contribution is -0.160. The van der Waals surface area contributed by atoms with Crippen LogP contribution in [0.3, 0.4) is 0 Å². The molecule has 0 aromatic carbocycles. The summed E-state index contributed by atoms with van der Waals surface area (Å²) in [5.74, 6) is -6.61. The van der Waals surface area contributed by atoms with Crippen LogP contribution in [0.1, 0.15) is 41.5 Å². The van der Waals surface area contributed by atoms with E-state index in [1.165, 1.54) is 20.8 Å². The van der Waals surface area contributed by atoms with E-state index in [4.69, 9.17) is 4.74 Å².